The van der Waals surface area contributed by atoms with Crippen LogP contribution >= 0.6 is 0 Å². The summed E-state index contributed by atoms with van der Waals surface area (Å²) in [7, 11) is 0. The fourth-order valence-electron chi connectivity index (χ4n) is 1.88. The molecule has 0 unspecified atom stereocenters. The van der Waals surface area contributed by atoms with Crippen molar-refractivity contribution < 1.29 is 9.90 Å². The maximum atomic E-state index is 11.1. The van der Waals surface area contributed by atoms with Crippen molar-refractivity contribution in [2.75, 3.05) is 0 Å². The molecule has 0 amide bonds. The largest absolute Gasteiger partial charge is 0.478 e. The number of nitrogens with zero attached hydrogens (tertiary/aromatic N) is 1. The highest BCUT2D eigenvalue weighted by Gasteiger charge is 2.16. The van der Waals surface area contributed by atoms with Gasteiger partial charge in [0.25, 0.3) is 0 Å². The SMILES string of the molecule is Cc1ccc(-c2[nH]ncc2C(=O)O)c(C)c1C. The van der Waals surface area contributed by atoms with Crippen molar-refractivity contribution >= 4 is 5.97 Å². The summed E-state index contributed by atoms with van der Waals surface area (Å²) in [5.74, 6) is -0.966. The van der Waals surface area contributed by atoms with Crippen molar-refractivity contribution in [2.24, 2.45) is 0 Å². The Labute approximate surface area is 99.3 Å². The van der Waals surface area contributed by atoms with E-state index >= 15 is 0 Å². The number of nitrogens with one attached hydrogen (secondary N) is 1. The topological polar surface area (TPSA) is 66.0 Å². The van der Waals surface area contributed by atoms with Gasteiger partial charge in [0.15, 0.2) is 0 Å². The fraction of sp³-hybridized carbons (Fsp3) is 0.231. The number of carbonyl (C=O) groups is 1. The molecule has 0 aliphatic carbocycles. The molecule has 0 spiro atoms. The molecule has 0 atom stereocenters. The van der Waals surface area contributed by atoms with Gasteiger partial charge < -0.3 is 5.11 Å². The number of carboxylic acids is 1. The van der Waals surface area contributed by atoms with Gasteiger partial charge in [-0.1, -0.05) is 12.1 Å². The van der Waals surface area contributed by atoms with Gasteiger partial charge in [0, 0.05) is 5.56 Å². The van der Waals surface area contributed by atoms with Crippen LogP contribution < -0.4 is 0 Å². The number of rotatable bonds is 2. The van der Waals surface area contributed by atoms with Crippen molar-refractivity contribution in [3.8, 4) is 11.3 Å². The van der Waals surface area contributed by atoms with Gasteiger partial charge in [0.2, 0.25) is 0 Å². The molecule has 2 aromatic rings. The monoisotopic (exact) mass is 230 g/mol. The van der Waals surface area contributed by atoms with Gasteiger partial charge in [-0.25, -0.2) is 4.79 Å². The maximum Gasteiger partial charge on any atom is 0.339 e. The second-order valence-corrected chi connectivity index (χ2v) is 4.14. The summed E-state index contributed by atoms with van der Waals surface area (Å²) in [4.78, 5) is 11.1. The predicted molar refractivity (Wildman–Crippen MR) is 65.2 cm³/mol. The average Bonchev–Trinajstić information content (AvgIpc) is 2.75. The number of benzene rings is 1. The summed E-state index contributed by atoms with van der Waals surface area (Å²) in [6.45, 7) is 6.06. The van der Waals surface area contributed by atoms with E-state index < -0.39 is 5.97 Å². The third-order valence-electron chi connectivity index (χ3n) is 3.20. The van der Waals surface area contributed by atoms with Crippen LogP contribution in [-0.4, -0.2) is 21.3 Å². The molecule has 1 aromatic heterocycles. The Balaban J connectivity index is 2.65. The van der Waals surface area contributed by atoms with Crippen molar-refractivity contribution in [2.45, 2.75) is 20.8 Å². The number of aromatic nitrogens is 2. The Hall–Kier alpha value is -2.10. The number of H-pyrrole nitrogens is 1. The van der Waals surface area contributed by atoms with E-state index in [0.29, 0.717) is 5.69 Å². The molecule has 17 heavy (non-hydrogen) atoms. The van der Waals surface area contributed by atoms with E-state index in [0.717, 1.165) is 11.1 Å². The van der Waals surface area contributed by atoms with Crippen LogP contribution in [0.15, 0.2) is 18.3 Å². The van der Waals surface area contributed by atoms with Gasteiger partial charge in [0.05, 0.1) is 11.9 Å². The first-order valence-electron chi connectivity index (χ1n) is 5.36. The lowest BCUT2D eigenvalue weighted by atomic mass is 9.95. The van der Waals surface area contributed by atoms with Crippen LogP contribution in [0, 0.1) is 20.8 Å². The fourth-order valence-corrected chi connectivity index (χ4v) is 1.88. The van der Waals surface area contributed by atoms with E-state index in [2.05, 4.69) is 10.2 Å². The quantitative estimate of drug-likeness (QED) is 0.833. The third kappa shape index (κ3) is 1.82. The molecule has 0 saturated carbocycles. The lowest BCUT2D eigenvalue weighted by Gasteiger charge is -2.10. The first-order chi connectivity index (χ1) is 8.02. The summed E-state index contributed by atoms with van der Waals surface area (Å²) in [6, 6.07) is 3.92. The van der Waals surface area contributed by atoms with Crippen LogP contribution in [0.2, 0.25) is 0 Å². The van der Waals surface area contributed by atoms with Crippen LogP contribution in [0.4, 0.5) is 0 Å². The summed E-state index contributed by atoms with van der Waals surface area (Å²) >= 11 is 0. The lowest BCUT2D eigenvalue weighted by molar-refractivity contribution is 0.0698. The molecule has 0 bridgehead atoms. The van der Waals surface area contributed by atoms with E-state index in [4.69, 9.17) is 5.11 Å². The lowest BCUT2D eigenvalue weighted by Crippen LogP contribution is -1.99. The first kappa shape index (κ1) is 11.4. The molecule has 0 saturated heterocycles. The third-order valence-corrected chi connectivity index (χ3v) is 3.20. The number of aryl methyl sites for hydroxylation is 1. The van der Waals surface area contributed by atoms with E-state index in [1.165, 1.54) is 17.3 Å². The minimum Gasteiger partial charge on any atom is -0.478 e. The molecule has 0 radical (unpaired) electrons. The second kappa shape index (κ2) is 4.05. The Kier molecular flexibility index (Phi) is 2.71. The summed E-state index contributed by atoms with van der Waals surface area (Å²) in [5.41, 5.74) is 5.12. The Bertz CT molecular complexity index is 585. The van der Waals surface area contributed by atoms with Crippen molar-refractivity contribution in [3.05, 3.63) is 40.6 Å². The Morgan fingerprint density at radius 3 is 2.59 bits per heavy atom. The minimum absolute atomic E-state index is 0.205. The Morgan fingerprint density at radius 1 is 1.24 bits per heavy atom. The summed E-state index contributed by atoms with van der Waals surface area (Å²) in [5, 5.41) is 15.6. The van der Waals surface area contributed by atoms with Crippen molar-refractivity contribution in [1.29, 1.82) is 0 Å². The van der Waals surface area contributed by atoms with Gasteiger partial charge in [-0.3, -0.25) is 5.10 Å². The smallest absolute Gasteiger partial charge is 0.339 e. The van der Waals surface area contributed by atoms with Crippen molar-refractivity contribution in [1.82, 2.24) is 10.2 Å². The molecule has 1 heterocycles. The number of carboxylic acid groups (broad SMARTS) is 1. The molecular weight excluding hydrogens is 216 g/mol. The minimum atomic E-state index is -0.966. The zero-order valence-electron chi connectivity index (χ0n) is 10.0. The second-order valence-electron chi connectivity index (χ2n) is 4.14. The van der Waals surface area contributed by atoms with Crippen LogP contribution in [-0.2, 0) is 0 Å². The van der Waals surface area contributed by atoms with E-state index in [-0.39, 0.29) is 5.56 Å². The summed E-state index contributed by atoms with van der Waals surface area (Å²) in [6.07, 6.45) is 1.34. The van der Waals surface area contributed by atoms with Gasteiger partial charge in [-0.2, -0.15) is 5.10 Å². The molecule has 0 fully saturated rings. The van der Waals surface area contributed by atoms with Crippen molar-refractivity contribution in [3.63, 3.8) is 0 Å². The first-order valence-corrected chi connectivity index (χ1v) is 5.36. The summed E-state index contributed by atoms with van der Waals surface area (Å²) < 4.78 is 0. The molecular formula is C13H14N2O2. The highest BCUT2D eigenvalue weighted by molar-refractivity contribution is 5.95. The molecule has 1 aromatic carbocycles. The van der Waals surface area contributed by atoms with Crippen LogP contribution in [0.5, 0.6) is 0 Å². The number of aromatic carboxylic acids is 1. The van der Waals surface area contributed by atoms with Crippen LogP contribution in [0.1, 0.15) is 27.0 Å². The number of aromatic amines is 1. The van der Waals surface area contributed by atoms with E-state index in [1.807, 2.05) is 32.9 Å². The molecule has 88 valence electrons. The normalized spacial score (nSPS) is 10.5. The highest BCUT2D eigenvalue weighted by Crippen LogP contribution is 2.28. The number of hydrogen-bond acceptors (Lipinski definition) is 2. The van der Waals surface area contributed by atoms with E-state index in [1.54, 1.807) is 0 Å². The average molecular weight is 230 g/mol. The zero-order chi connectivity index (χ0) is 12.6. The molecule has 4 heteroatoms. The zero-order valence-corrected chi connectivity index (χ0v) is 10.0. The van der Waals surface area contributed by atoms with E-state index in [9.17, 15) is 4.79 Å². The Morgan fingerprint density at radius 2 is 1.94 bits per heavy atom. The molecule has 2 rings (SSSR count). The molecule has 0 aliphatic heterocycles. The number of hydrogen-bond donors (Lipinski definition) is 2. The van der Waals surface area contributed by atoms with Gasteiger partial charge >= 0.3 is 5.97 Å². The van der Waals surface area contributed by atoms with Crippen LogP contribution in [0.3, 0.4) is 0 Å². The van der Waals surface area contributed by atoms with Gasteiger partial charge in [0.1, 0.15) is 5.56 Å². The van der Waals surface area contributed by atoms with Gasteiger partial charge in [-0.15, -0.1) is 0 Å². The highest BCUT2D eigenvalue weighted by atomic mass is 16.4. The molecule has 0 aliphatic rings. The van der Waals surface area contributed by atoms with Gasteiger partial charge in [-0.05, 0) is 37.5 Å². The molecule has 4 nitrogen and oxygen atoms in total. The maximum absolute atomic E-state index is 11.1. The standard InChI is InChI=1S/C13H14N2O2/c1-7-4-5-10(9(3)8(7)2)12-11(13(16)17)6-14-15-12/h4-6H,1-3H3,(H,14,15)(H,16,17). The van der Waals surface area contributed by atoms with Crippen LogP contribution in [0.25, 0.3) is 11.3 Å². The molecule has 2 N–H and O–H groups in total. The predicted octanol–water partition coefficient (Wildman–Crippen LogP) is 2.70.